The molecular formula is C17H24N2O2. The van der Waals surface area contributed by atoms with Crippen LogP contribution in [-0.2, 0) is 4.79 Å². The highest BCUT2D eigenvalue weighted by Crippen LogP contribution is 2.33. The molecule has 114 valence electrons. The maximum atomic E-state index is 12.6. The van der Waals surface area contributed by atoms with Gasteiger partial charge < -0.3 is 15.4 Å². The molecule has 0 spiro atoms. The molecule has 21 heavy (non-hydrogen) atoms. The van der Waals surface area contributed by atoms with Crippen LogP contribution < -0.4 is 15.4 Å². The molecule has 0 aliphatic carbocycles. The summed E-state index contributed by atoms with van der Waals surface area (Å²) in [6, 6.07) is 7.87. The lowest BCUT2D eigenvalue weighted by Gasteiger charge is -2.35. The summed E-state index contributed by atoms with van der Waals surface area (Å²) in [5.41, 5.74) is 1.20. The molecule has 1 amide bonds. The third-order valence-corrected chi connectivity index (χ3v) is 4.65. The molecule has 4 nitrogen and oxygen atoms in total. The lowest BCUT2D eigenvalue weighted by molar-refractivity contribution is -0.123. The molecule has 1 fully saturated rings. The zero-order valence-electron chi connectivity index (χ0n) is 12.7. The van der Waals surface area contributed by atoms with E-state index in [1.54, 1.807) is 0 Å². The molecule has 0 saturated carbocycles. The molecule has 0 aromatic heterocycles. The maximum Gasteiger partial charge on any atom is 0.227 e. The molecule has 1 saturated heterocycles. The van der Waals surface area contributed by atoms with Crippen LogP contribution in [0.25, 0.3) is 0 Å². The summed E-state index contributed by atoms with van der Waals surface area (Å²) in [6.45, 7) is 5.69. The van der Waals surface area contributed by atoms with Crippen molar-refractivity contribution < 1.29 is 9.53 Å². The van der Waals surface area contributed by atoms with Gasteiger partial charge in [0.15, 0.2) is 0 Å². The van der Waals surface area contributed by atoms with E-state index < -0.39 is 0 Å². The minimum atomic E-state index is -0.0740. The number of carbonyl (C=O) groups excluding carboxylic acids is 1. The van der Waals surface area contributed by atoms with Gasteiger partial charge in [-0.3, -0.25) is 4.79 Å². The second-order valence-electron chi connectivity index (χ2n) is 6.54. The van der Waals surface area contributed by atoms with Crippen molar-refractivity contribution in [3.63, 3.8) is 0 Å². The van der Waals surface area contributed by atoms with Crippen molar-refractivity contribution in [2.75, 3.05) is 26.2 Å². The topological polar surface area (TPSA) is 50.4 Å². The number of benzene rings is 1. The fourth-order valence-electron chi connectivity index (χ4n) is 3.31. The van der Waals surface area contributed by atoms with Crippen LogP contribution in [0.15, 0.2) is 24.3 Å². The zero-order valence-corrected chi connectivity index (χ0v) is 12.7. The fraction of sp³-hybridized carbons (Fsp3) is 0.588. The Morgan fingerprint density at radius 1 is 1.48 bits per heavy atom. The Labute approximate surface area is 126 Å². The molecule has 0 bridgehead atoms. The number of amides is 1. The first kappa shape index (κ1) is 14.4. The van der Waals surface area contributed by atoms with Crippen molar-refractivity contribution in [3.8, 4) is 5.75 Å². The average molecular weight is 288 g/mol. The number of nitrogens with one attached hydrogen (secondary N) is 2. The van der Waals surface area contributed by atoms with Crippen LogP contribution in [-0.4, -0.2) is 32.1 Å². The van der Waals surface area contributed by atoms with Gasteiger partial charge in [-0.1, -0.05) is 25.1 Å². The number of para-hydroxylation sites is 1. The normalized spacial score (nSPS) is 28.3. The monoisotopic (exact) mass is 288 g/mol. The number of carbonyl (C=O) groups is 1. The quantitative estimate of drug-likeness (QED) is 0.895. The van der Waals surface area contributed by atoms with Crippen LogP contribution in [0.5, 0.6) is 5.75 Å². The number of rotatable bonds is 3. The van der Waals surface area contributed by atoms with Gasteiger partial charge in [-0.25, -0.2) is 0 Å². The van der Waals surface area contributed by atoms with E-state index in [1.165, 1.54) is 12.8 Å². The van der Waals surface area contributed by atoms with E-state index >= 15 is 0 Å². The standard InChI is InChI=1S/C17H24N2O2/c1-17(8-4-9-18-11-17)12-19-16(20)14-7-10-21-15-6-3-2-5-13(14)15/h2-3,5-6,14,18H,4,7-12H2,1H3,(H,19,20). The molecular weight excluding hydrogens is 264 g/mol. The molecule has 1 aromatic carbocycles. The van der Waals surface area contributed by atoms with Crippen LogP contribution in [0.1, 0.15) is 37.7 Å². The molecule has 2 atom stereocenters. The van der Waals surface area contributed by atoms with Crippen LogP contribution in [0.3, 0.4) is 0 Å². The van der Waals surface area contributed by atoms with Crippen LogP contribution in [0, 0.1) is 5.41 Å². The molecule has 0 radical (unpaired) electrons. The van der Waals surface area contributed by atoms with E-state index in [9.17, 15) is 4.79 Å². The highest BCUT2D eigenvalue weighted by atomic mass is 16.5. The summed E-state index contributed by atoms with van der Waals surface area (Å²) >= 11 is 0. The van der Waals surface area contributed by atoms with Crippen molar-refractivity contribution in [1.82, 2.24) is 10.6 Å². The molecule has 2 aliphatic heterocycles. The summed E-state index contributed by atoms with van der Waals surface area (Å²) in [5.74, 6) is 0.919. The minimum absolute atomic E-state index is 0.0740. The van der Waals surface area contributed by atoms with Gasteiger partial charge in [0.05, 0.1) is 12.5 Å². The summed E-state index contributed by atoms with van der Waals surface area (Å²) in [7, 11) is 0. The van der Waals surface area contributed by atoms with E-state index in [0.29, 0.717) is 6.61 Å². The van der Waals surface area contributed by atoms with E-state index in [0.717, 1.165) is 37.4 Å². The SMILES string of the molecule is CC1(CNC(=O)C2CCOc3ccccc32)CCCNC1. The first-order chi connectivity index (χ1) is 10.2. The molecule has 3 rings (SSSR count). The van der Waals surface area contributed by atoms with Gasteiger partial charge in [-0.15, -0.1) is 0 Å². The third kappa shape index (κ3) is 3.21. The lowest BCUT2D eigenvalue weighted by atomic mass is 9.82. The average Bonchev–Trinajstić information content (AvgIpc) is 2.53. The highest BCUT2D eigenvalue weighted by Gasteiger charge is 2.31. The van der Waals surface area contributed by atoms with Gasteiger partial charge in [-0.2, -0.15) is 0 Å². The van der Waals surface area contributed by atoms with Crippen LogP contribution in [0.2, 0.25) is 0 Å². The summed E-state index contributed by atoms with van der Waals surface area (Å²) < 4.78 is 5.63. The van der Waals surface area contributed by atoms with Gasteiger partial charge in [0.2, 0.25) is 5.91 Å². The van der Waals surface area contributed by atoms with Crippen molar-refractivity contribution >= 4 is 5.91 Å². The summed E-state index contributed by atoms with van der Waals surface area (Å²) in [5, 5.41) is 6.59. The van der Waals surface area contributed by atoms with Crippen molar-refractivity contribution in [3.05, 3.63) is 29.8 Å². The Morgan fingerprint density at radius 3 is 3.14 bits per heavy atom. The Morgan fingerprint density at radius 2 is 2.33 bits per heavy atom. The second kappa shape index (κ2) is 6.06. The predicted molar refractivity (Wildman–Crippen MR) is 82.5 cm³/mol. The Bertz CT molecular complexity index is 509. The third-order valence-electron chi connectivity index (χ3n) is 4.65. The number of hydrogen-bond acceptors (Lipinski definition) is 3. The highest BCUT2D eigenvalue weighted by molar-refractivity contribution is 5.84. The van der Waals surface area contributed by atoms with Crippen molar-refractivity contribution in [1.29, 1.82) is 0 Å². The minimum Gasteiger partial charge on any atom is -0.493 e. The predicted octanol–water partition coefficient (Wildman–Crippen LogP) is 2.06. The van der Waals surface area contributed by atoms with Gasteiger partial charge >= 0.3 is 0 Å². The zero-order chi connectivity index (χ0) is 14.7. The fourth-order valence-corrected chi connectivity index (χ4v) is 3.31. The first-order valence-electron chi connectivity index (χ1n) is 7.88. The molecule has 1 aromatic rings. The second-order valence-corrected chi connectivity index (χ2v) is 6.54. The molecule has 2 aliphatic rings. The van der Waals surface area contributed by atoms with E-state index in [-0.39, 0.29) is 17.2 Å². The number of ether oxygens (including phenoxy) is 1. The van der Waals surface area contributed by atoms with Gasteiger partial charge in [0, 0.05) is 18.7 Å². The molecule has 2 heterocycles. The van der Waals surface area contributed by atoms with Crippen molar-refractivity contribution in [2.24, 2.45) is 5.41 Å². The Kier molecular flexibility index (Phi) is 4.15. The van der Waals surface area contributed by atoms with Crippen molar-refractivity contribution in [2.45, 2.75) is 32.1 Å². The van der Waals surface area contributed by atoms with E-state index in [4.69, 9.17) is 4.74 Å². The molecule has 2 N–H and O–H groups in total. The maximum absolute atomic E-state index is 12.6. The largest absolute Gasteiger partial charge is 0.493 e. The van der Waals surface area contributed by atoms with Crippen LogP contribution >= 0.6 is 0 Å². The number of hydrogen-bond donors (Lipinski definition) is 2. The smallest absolute Gasteiger partial charge is 0.227 e. The summed E-state index contributed by atoms with van der Waals surface area (Å²) in [4.78, 5) is 12.6. The van der Waals surface area contributed by atoms with Gasteiger partial charge in [0.25, 0.3) is 0 Å². The Balaban J connectivity index is 1.64. The molecule has 4 heteroatoms. The molecule has 2 unspecified atom stereocenters. The lowest BCUT2D eigenvalue weighted by Crippen LogP contribution is -2.46. The van der Waals surface area contributed by atoms with E-state index in [2.05, 4.69) is 17.6 Å². The summed E-state index contributed by atoms with van der Waals surface area (Å²) in [6.07, 6.45) is 3.12. The first-order valence-corrected chi connectivity index (χ1v) is 7.88. The van der Waals surface area contributed by atoms with Crippen LogP contribution in [0.4, 0.5) is 0 Å². The van der Waals surface area contributed by atoms with Gasteiger partial charge in [-0.05, 0) is 37.3 Å². The van der Waals surface area contributed by atoms with E-state index in [1.807, 2.05) is 24.3 Å². The Hall–Kier alpha value is -1.55. The van der Waals surface area contributed by atoms with Gasteiger partial charge in [0.1, 0.15) is 5.75 Å². The number of piperidine rings is 1. The number of fused-ring (bicyclic) bond motifs is 1.